The van der Waals surface area contributed by atoms with Crippen molar-refractivity contribution in [1.82, 2.24) is 20.3 Å². The number of nitrogens with zero attached hydrogens (tertiary/aromatic N) is 3. The van der Waals surface area contributed by atoms with Gasteiger partial charge in [-0.1, -0.05) is 49.4 Å². The number of carbonyl (C=O) groups is 1. The zero-order valence-electron chi connectivity index (χ0n) is 20.7. The summed E-state index contributed by atoms with van der Waals surface area (Å²) >= 11 is 1.62. The van der Waals surface area contributed by atoms with E-state index in [1.165, 1.54) is 29.3 Å². The number of rotatable bonds is 11. The van der Waals surface area contributed by atoms with Crippen molar-refractivity contribution in [3.05, 3.63) is 71.5 Å². The van der Waals surface area contributed by atoms with Crippen LogP contribution in [-0.2, 0) is 15.6 Å². The first-order chi connectivity index (χ1) is 16.9. The van der Waals surface area contributed by atoms with Gasteiger partial charge in [0.2, 0.25) is 0 Å². The minimum Gasteiger partial charge on any atom is -0.507 e. The van der Waals surface area contributed by atoms with Gasteiger partial charge in [-0.25, -0.2) is 13.1 Å². The van der Waals surface area contributed by atoms with Crippen LogP contribution >= 0.6 is 11.8 Å². The average Bonchev–Trinajstić information content (AvgIpc) is 3.30. The van der Waals surface area contributed by atoms with Crippen LogP contribution in [0.1, 0.15) is 61.0 Å². The van der Waals surface area contributed by atoms with Crippen LogP contribution in [0.5, 0.6) is 5.75 Å². The van der Waals surface area contributed by atoms with Crippen LogP contribution in [0.4, 0.5) is 0 Å². The first-order valence-electron chi connectivity index (χ1n) is 11.5. The number of amides is 1. The van der Waals surface area contributed by atoms with E-state index in [4.69, 9.17) is 0 Å². The molecule has 0 aliphatic heterocycles. The molecule has 0 aliphatic rings. The van der Waals surface area contributed by atoms with E-state index in [9.17, 15) is 23.4 Å². The summed E-state index contributed by atoms with van der Waals surface area (Å²) in [5, 5.41) is 31.4. The third kappa shape index (κ3) is 6.65. The molecule has 3 aromatic rings. The Morgan fingerprint density at radius 3 is 2.50 bits per heavy atom. The second-order valence-electron chi connectivity index (χ2n) is 9.28. The predicted octanol–water partition coefficient (Wildman–Crippen LogP) is 3.51. The molecule has 0 bridgehead atoms. The molecule has 0 fully saturated rings. The number of sulfone groups is 1. The molecule has 2 atom stereocenters. The maximum atomic E-state index is 12.6. The number of nitrogens with one attached hydrogen (secondary N) is 1. The highest BCUT2D eigenvalue weighted by Crippen LogP contribution is 2.31. The van der Waals surface area contributed by atoms with Gasteiger partial charge in [0.05, 0.1) is 22.2 Å². The second-order valence-corrected chi connectivity index (χ2v) is 12.8. The molecule has 0 aliphatic carbocycles. The van der Waals surface area contributed by atoms with Crippen LogP contribution in [0.15, 0.2) is 59.6 Å². The van der Waals surface area contributed by atoms with E-state index in [1.54, 1.807) is 30.1 Å². The summed E-state index contributed by atoms with van der Waals surface area (Å²) in [5.41, 5.74) is 1.92. The van der Waals surface area contributed by atoms with Crippen molar-refractivity contribution < 1.29 is 23.4 Å². The second kappa shape index (κ2) is 11.4. The molecular formula is C25H32N4O5S2. The normalized spacial score (nSPS) is 14.4. The Kier molecular flexibility index (Phi) is 8.80. The molecule has 0 saturated heterocycles. The van der Waals surface area contributed by atoms with Gasteiger partial charge < -0.3 is 15.5 Å². The Morgan fingerprint density at radius 1 is 1.17 bits per heavy atom. The van der Waals surface area contributed by atoms with E-state index in [0.717, 1.165) is 11.2 Å². The van der Waals surface area contributed by atoms with Gasteiger partial charge in [-0.2, -0.15) is 0 Å². The standard InChI is InChI=1S/C25H32N4O5S2/c1-17(2)19-9-6-8-12-22(19)35-15-18-14-29(28-27-18)23(31)13-25(3,36(4,33)34)16-26-24(32)20-10-5-7-11-21(20)30/h5-12,14,17,23,30-31H,13,15-16H2,1-4H3,(H,26,32). The fourth-order valence-corrected chi connectivity index (χ4v) is 5.50. The van der Waals surface area contributed by atoms with Gasteiger partial charge in [0.1, 0.15) is 12.0 Å². The van der Waals surface area contributed by atoms with Gasteiger partial charge in [0, 0.05) is 29.9 Å². The van der Waals surface area contributed by atoms with E-state index in [-0.39, 0.29) is 24.3 Å². The lowest BCUT2D eigenvalue weighted by molar-refractivity contribution is 0.0671. The molecule has 2 unspecified atom stereocenters. The molecule has 194 valence electrons. The molecule has 11 heteroatoms. The SMILES string of the molecule is CC(C)c1ccccc1SCc1cn(C(O)CC(C)(CNC(=O)c2ccccc2O)S(C)(=O)=O)nn1. The Bertz CT molecular complexity index is 1310. The molecule has 3 N–H and O–H groups in total. The zero-order valence-corrected chi connectivity index (χ0v) is 22.4. The molecule has 0 radical (unpaired) electrons. The van der Waals surface area contributed by atoms with Crippen molar-refractivity contribution in [1.29, 1.82) is 0 Å². The number of aliphatic hydroxyl groups is 1. The minimum absolute atomic E-state index is 0.0337. The van der Waals surface area contributed by atoms with Crippen molar-refractivity contribution in [3.63, 3.8) is 0 Å². The summed E-state index contributed by atoms with van der Waals surface area (Å²) in [5.74, 6) is 0.0988. The third-order valence-electron chi connectivity index (χ3n) is 6.06. The molecule has 1 amide bonds. The number of para-hydroxylation sites is 1. The molecular weight excluding hydrogens is 500 g/mol. The van der Waals surface area contributed by atoms with Crippen molar-refractivity contribution >= 4 is 27.5 Å². The van der Waals surface area contributed by atoms with Gasteiger partial charge in [0.15, 0.2) is 9.84 Å². The highest BCUT2D eigenvalue weighted by atomic mass is 32.2. The maximum absolute atomic E-state index is 12.6. The third-order valence-corrected chi connectivity index (χ3v) is 9.29. The Balaban J connectivity index is 1.68. The Morgan fingerprint density at radius 2 is 1.83 bits per heavy atom. The molecule has 3 rings (SSSR count). The van der Waals surface area contributed by atoms with Crippen LogP contribution in [0, 0.1) is 0 Å². The van der Waals surface area contributed by atoms with Crippen LogP contribution in [-0.4, -0.2) is 57.1 Å². The highest BCUT2D eigenvalue weighted by Gasteiger charge is 2.39. The number of hydrogen-bond donors (Lipinski definition) is 3. The number of phenols is 1. The van der Waals surface area contributed by atoms with Crippen LogP contribution in [0.3, 0.4) is 0 Å². The topological polar surface area (TPSA) is 134 Å². The lowest BCUT2D eigenvalue weighted by atomic mass is 10.0. The van der Waals surface area contributed by atoms with Crippen molar-refractivity contribution in [3.8, 4) is 5.75 Å². The van der Waals surface area contributed by atoms with Crippen LogP contribution < -0.4 is 5.32 Å². The highest BCUT2D eigenvalue weighted by molar-refractivity contribution is 7.98. The first-order valence-corrected chi connectivity index (χ1v) is 14.4. The van der Waals surface area contributed by atoms with Crippen LogP contribution in [0.2, 0.25) is 0 Å². The smallest absolute Gasteiger partial charge is 0.255 e. The summed E-state index contributed by atoms with van der Waals surface area (Å²) < 4.78 is 25.0. The maximum Gasteiger partial charge on any atom is 0.255 e. The van der Waals surface area contributed by atoms with E-state index in [2.05, 4.69) is 41.6 Å². The number of benzene rings is 2. The molecule has 1 aromatic heterocycles. The van der Waals surface area contributed by atoms with E-state index < -0.39 is 26.7 Å². The lowest BCUT2D eigenvalue weighted by Crippen LogP contribution is -2.47. The van der Waals surface area contributed by atoms with E-state index in [1.807, 2.05) is 12.1 Å². The van der Waals surface area contributed by atoms with Gasteiger partial charge in [-0.05, 0) is 36.6 Å². The molecule has 0 saturated carbocycles. The van der Waals surface area contributed by atoms with E-state index in [0.29, 0.717) is 17.4 Å². The summed E-state index contributed by atoms with van der Waals surface area (Å²) in [7, 11) is -3.71. The number of thioether (sulfide) groups is 1. The van der Waals surface area contributed by atoms with Crippen molar-refractivity contribution in [2.45, 2.75) is 54.7 Å². The number of carbonyl (C=O) groups excluding carboxylic acids is 1. The molecule has 0 spiro atoms. The average molecular weight is 533 g/mol. The largest absolute Gasteiger partial charge is 0.507 e. The number of aromatic nitrogens is 3. The summed E-state index contributed by atoms with van der Waals surface area (Å²) in [6, 6.07) is 14.1. The zero-order chi connectivity index (χ0) is 26.5. The molecule has 9 nitrogen and oxygen atoms in total. The van der Waals surface area contributed by atoms with Gasteiger partial charge in [0.25, 0.3) is 5.91 Å². The van der Waals surface area contributed by atoms with Gasteiger partial charge in [-0.15, -0.1) is 16.9 Å². The fraction of sp³-hybridized carbons (Fsp3) is 0.400. The van der Waals surface area contributed by atoms with E-state index >= 15 is 0 Å². The summed E-state index contributed by atoms with van der Waals surface area (Å²) in [4.78, 5) is 13.6. The van der Waals surface area contributed by atoms with Crippen molar-refractivity contribution in [2.75, 3.05) is 12.8 Å². The molecule has 2 aromatic carbocycles. The predicted molar refractivity (Wildman–Crippen MR) is 140 cm³/mol. The molecule has 36 heavy (non-hydrogen) atoms. The number of aliphatic hydroxyl groups excluding tert-OH is 1. The number of hydrogen-bond acceptors (Lipinski definition) is 8. The molecule has 1 heterocycles. The summed E-state index contributed by atoms with van der Waals surface area (Å²) in [6.45, 7) is 5.46. The Hall–Kier alpha value is -2.89. The number of phenolic OH excluding ortho intramolecular Hbond substituents is 1. The monoisotopic (exact) mass is 532 g/mol. The number of aromatic hydroxyl groups is 1. The lowest BCUT2D eigenvalue weighted by Gasteiger charge is -2.30. The first kappa shape index (κ1) is 27.7. The fourth-order valence-electron chi connectivity index (χ4n) is 3.63. The Labute approximate surface area is 215 Å². The van der Waals surface area contributed by atoms with Crippen molar-refractivity contribution in [2.24, 2.45) is 0 Å². The quantitative estimate of drug-likeness (QED) is 0.319. The summed E-state index contributed by atoms with van der Waals surface area (Å²) in [6.07, 6.45) is 1.15. The minimum atomic E-state index is -3.71. The van der Waals surface area contributed by atoms with Gasteiger partial charge >= 0.3 is 0 Å². The van der Waals surface area contributed by atoms with Crippen LogP contribution in [0.25, 0.3) is 0 Å². The van der Waals surface area contributed by atoms with Gasteiger partial charge in [-0.3, -0.25) is 4.79 Å².